The molecule has 4 aromatic rings. The van der Waals surface area contributed by atoms with Crippen molar-refractivity contribution in [2.24, 2.45) is 0 Å². The van der Waals surface area contributed by atoms with Gasteiger partial charge in [-0.3, -0.25) is 14.9 Å². The molecule has 1 saturated heterocycles. The van der Waals surface area contributed by atoms with Crippen LogP contribution < -0.4 is 4.90 Å². The van der Waals surface area contributed by atoms with Gasteiger partial charge in [0.15, 0.2) is 0 Å². The minimum absolute atomic E-state index is 0.0580. The molecule has 3 aromatic carbocycles. The van der Waals surface area contributed by atoms with Crippen molar-refractivity contribution in [2.45, 2.75) is 35.5 Å². The van der Waals surface area contributed by atoms with Crippen molar-refractivity contribution in [2.75, 3.05) is 37.7 Å². The number of hydrogen-bond acceptors (Lipinski definition) is 7. The summed E-state index contributed by atoms with van der Waals surface area (Å²) in [7, 11) is -3.73. The Bertz CT molecular complexity index is 1930. The van der Waals surface area contributed by atoms with E-state index in [9.17, 15) is 23.3 Å². The van der Waals surface area contributed by atoms with E-state index in [0.29, 0.717) is 49.7 Å². The quantitative estimate of drug-likeness (QED) is 0.130. The molecule has 1 aromatic heterocycles. The van der Waals surface area contributed by atoms with Gasteiger partial charge in [0, 0.05) is 69.8 Å². The first-order valence-corrected chi connectivity index (χ1v) is 16.8. The highest BCUT2D eigenvalue weighted by Gasteiger charge is 2.34. The molecular formula is C33H32N4O6S2. The first kappa shape index (κ1) is 30.8. The van der Waals surface area contributed by atoms with Crippen LogP contribution in [0.3, 0.4) is 0 Å². The topological polar surface area (TPSA) is 115 Å². The second-order valence-corrected chi connectivity index (χ2v) is 13.9. The van der Waals surface area contributed by atoms with Crippen molar-refractivity contribution < 1.29 is 22.9 Å². The summed E-state index contributed by atoms with van der Waals surface area (Å²) in [6, 6.07) is 21.5. The zero-order chi connectivity index (χ0) is 31.9. The van der Waals surface area contributed by atoms with Crippen LogP contribution in [0.4, 0.5) is 11.4 Å². The lowest BCUT2D eigenvalue weighted by Gasteiger charge is -2.26. The third kappa shape index (κ3) is 5.82. The summed E-state index contributed by atoms with van der Waals surface area (Å²) >= 11 is 1.52. The van der Waals surface area contributed by atoms with Crippen molar-refractivity contribution in [1.82, 2.24) is 8.87 Å². The molecule has 0 saturated carbocycles. The molecule has 232 valence electrons. The summed E-state index contributed by atoms with van der Waals surface area (Å²) in [4.78, 5) is 27.9. The van der Waals surface area contributed by atoms with E-state index in [0.717, 1.165) is 32.4 Å². The Balaban J connectivity index is 1.31. The maximum atomic E-state index is 13.6. The van der Waals surface area contributed by atoms with Crippen LogP contribution in [0.1, 0.15) is 29.4 Å². The average molecular weight is 645 g/mol. The SMILES string of the molecule is CCN1C(=O)C(=Cc2cc(C)n(-c3ccc(Sc4ccc([N+](=O)[O-])cc4)cc3)c2C)c2cc(S(=O)(=O)N3CCOCC3)ccc21. The van der Waals surface area contributed by atoms with Crippen molar-refractivity contribution in [3.05, 3.63) is 105 Å². The second kappa shape index (κ2) is 12.3. The fraction of sp³-hybridized carbons (Fsp3) is 0.242. The second-order valence-electron chi connectivity index (χ2n) is 10.8. The lowest BCUT2D eigenvalue weighted by Crippen LogP contribution is -2.40. The minimum atomic E-state index is -3.73. The van der Waals surface area contributed by atoms with Crippen LogP contribution >= 0.6 is 11.8 Å². The van der Waals surface area contributed by atoms with Gasteiger partial charge < -0.3 is 14.2 Å². The van der Waals surface area contributed by atoms with Gasteiger partial charge in [-0.1, -0.05) is 11.8 Å². The molecule has 0 atom stereocenters. The number of likely N-dealkylation sites (N-methyl/N-ethyl adjacent to an activating group) is 1. The molecule has 45 heavy (non-hydrogen) atoms. The number of non-ortho nitro benzene ring substituents is 1. The number of aromatic nitrogens is 1. The molecule has 12 heteroatoms. The summed E-state index contributed by atoms with van der Waals surface area (Å²) in [5.74, 6) is -0.161. The van der Waals surface area contributed by atoms with Crippen molar-refractivity contribution in [3.8, 4) is 5.69 Å². The van der Waals surface area contributed by atoms with E-state index < -0.39 is 14.9 Å². The van der Waals surface area contributed by atoms with Crippen LogP contribution in [-0.2, 0) is 19.6 Å². The van der Waals surface area contributed by atoms with Crippen LogP contribution in [0.15, 0.2) is 87.5 Å². The predicted octanol–water partition coefficient (Wildman–Crippen LogP) is 6.08. The Morgan fingerprint density at radius 3 is 2.22 bits per heavy atom. The summed E-state index contributed by atoms with van der Waals surface area (Å²) in [5.41, 5.74) is 5.57. The van der Waals surface area contributed by atoms with E-state index in [2.05, 4.69) is 4.57 Å². The molecule has 2 aliphatic heterocycles. The Hall–Kier alpha value is -4.23. The third-order valence-corrected chi connectivity index (χ3v) is 11.0. The zero-order valence-electron chi connectivity index (χ0n) is 25.1. The minimum Gasteiger partial charge on any atom is -0.379 e. The molecule has 3 heterocycles. The third-order valence-electron chi connectivity index (χ3n) is 8.10. The molecule has 6 rings (SSSR count). The molecule has 0 N–H and O–H groups in total. The first-order valence-electron chi connectivity index (χ1n) is 14.6. The predicted molar refractivity (Wildman–Crippen MR) is 174 cm³/mol. The van der Waals surface area contributed by atoms with Gasteiger partial charge in [0.2, 0.25) is 10.0 Å². The number of hydrogen-bond donors (Lipinski definition) is 0. The molecule has 0 radical (unpaired) electrons. The van der Waals surface area contributed by atoms with Gasteiger partial charge in [-0.15, -0.1) is 0 Å². The number of aryl methyl sites for hydroxylation is 1. The van der Waals surface area contributed by atoms with Crippen molar-refractivity contribution >= 4 is 50.7 Å². The molecule has 0 bridgehead atoms. The Kier molecular flexibility index (Phi) is 8.40. The summed E-state index contributed by atoms with van der Waals surface area (Å²) < 4.78 is 35.7. The van der Waals surface area contributed by atoms with Crippen LogP contribution in [0, 0.1) is 24.0 Å². The Morgan fingerprint density at radius 2 is 1.60 bits per heavy atom. The largest absolute Gasteiger partial charge is 0.379 e. The number of ether oxygens (including phenoxy) is 1. The average Bonchev–Trinajstić information content (AvgIpc) is 3.48. The number of benzene rings is 3. The molecule has 0 unspecified atom stereocenters. The number of nitro benzene ring substituents is 1. The fourth-order valence-corrected chi connectivity index (χ4v) is 8.06. The van der Waals surface area contributed by atoms with E-state index in [4.69, 9.17) is 4.74 Å². The van der Waals surface area contributed by atoms with E-state index >= 15 is 0 Å². The molecule has 2 aliphatic rings. The summed E-state index contributed by atoms with van der Waals surface area (Å²) in [5, 5.41) is 10.9. The highest BCUT2D eigenvalue weighted by molar-refractivity contribution is 7.99. The fourth-order valence-electron chi connectivity index (χ4n) is 5.81. The number of carbonyl (C=O) groups excluding carboxylic acids is 1. The van der Waals surface area contributed by atoms with Gasteiger partial charge in [-0.2, -0.15) is 4.31 Å². The van der Waals surface area contributed by atoms with Crippen LogP contribution in [0.25, 0.3) is 17.3 Å². The van der Waals surface area contributed by atoms with E-state index in [1.807, 2.05) is 57.2 Å². The number of nitrogens with zero attached hydrogens (tertiary/aromatic N) is 4. The highest BCUT2D eigenvalue weighted by atomic mass is 32.2. The van der Waals surface area contributed by atoms with Gasteiger partial charge in [0.05, 0.1) is 28.7 Å². The van der Waals surface area contributed by atoms with Crippen LogP contribution in [-0.4, -0.2) is 61.0 Å². The van der Waals surface area contributed by atoms with Crippen LogP contribution in [0.5, 0.6) is 0 Å². The molecule has 1 amide bonds. The molecular weight excluding hydrogens is 613 g/mol. The number of morpholine rings is 1. The molecule has 1 fully saturated rings. The standard InChI is InChI=1S/C33H32N4O6S2/c1-4-35-32-14-13-29(45(41,42)34-15-17-43-18-16-34)21-30(32)31(33(35)38)20-24-19-22(2)36(23(24)3)25-5-9-27(10-6-25)44-28-11-7-26(8-12-28)37(39)40/h5-14,19-21H,4,15-18H2,1-3H3. The van der Waals surface area contributed by atoms with Gasteiger partial charge in [-0.05, 0) is 93.1 Å². The first-order chi connectivity index (χ1) is 21.6. The number of nitro groups is 1. The smallest absolute Gasteiger partial charge is 0.269 e. The number of rotatable bonds is 8. The highest BCUT2D eigenvalue weighted by Crippen LogP contribution is 2.40. The van der Waals surface area contributed by atoms with Gasteiger partial charge in [0.25, 0.3) is 11.6 Å². The molecule has 10 nitrogen and oxygen atoms in total. The summed E-state index contributed by atoms with van der Waals surface area (Å²) in [6.45, 7) is 7.67. The van der Waals surface area contributed by atoms with Crippen LogP contribution in [0.2, 0.25) is 0 Å². The summed E-state index contributed by atoms with van der Waals surface area (Å²) in [6.07, 6.45) is 1.86. The maximum Gasteiger partial charge on any atom is 0.269 e. The zero-order valence-corrected chi connectivity index (χ0v) is 26.7. The number of anilines is 1. The Labute approximate surface area is 266 Å². The van der Waals surface area contributed by atoms with Crippen molar-refractivity contribution in [1.29, 1.82) is 0 Å². The van der Waals surface area contributed by atoms with Gasteiger partial charge in [0.1, 0.15) is 0 Å². The van der Waals surface area contributed by atoms with Gasteiger partial charge >= 0.3 is 0 Å². The van der Waals surface area contributed by atoms with Crippen molar-refractivity contribution in [3.63, 3.8) is 0 Å². The normalized spacial score (nSPS) is 16.4. The number of carbonyl (C=O) groups is 1. The number of amides is 1. The lowest BCUT2D eigenvalue weighted by atomic mass is 10.0. The molecule has 0 spiro atoms. The monoisotopic (exact) mass is 644 g/mol. The lowest BCUT2D eigenvalue weighted by molar-refractivity contribution is -0.384. The van der Waals surface area contributed by atoms with Gasteiger partial charge in [-0.25, -0.2) is 8.42 Å². The molecule has 0 aliphatic carbocycles. The maximum absolute atomic E-state index is 13.6. The van der Waals surface area contributed by atoms with E-state index in [1.165, 1.54) is 28.2 Å². The van der Waals surface area contributed by atoms with E-state index in [-0.39, 0.29) is 16.5 Å². The number of fused-ring (bicyclic) bond motifs is 1. The number of sulfonamides is 1. The van der Waals surface area contributed by atoms with E-state index in [1.54, 1.807) is 35.2 Å². The Morgan fingerprint density at radius 1 is 0.956 bits per heavy atom.